The summed E-state index contributed by atoms with van der Waals surface area (Å²) in [6.07, 6.45) is 0. The van der Waals surface area contributed by atoms with Crippen LogP contribution in [-0.4, -0.2) is 0 Å². The highest BCUT2D eigenvalue weighted by molar-refractivity contribution is 8.21. The zero-order valence-corrected chi connectivity index (χ0v) is 25.2. The second-order valence-corrected chi connectivity index (χ2v) is 23.7. The lowest BCUT2D eigenvalue weighted by Crippen LogP contribution is -2.25. The first-order valence-electron chi connectivity index (χ1n) is 10.8. The number of hydrogen-bond donors (Lipinski definition) is 0. The molecule has 184 valence electrons. The van der Waals surface area contributed by atoms with Crippen LogP contribution in [-0.2, 0) is 0 Å². The summed E-state index contributed by atoms with van der Waals surface area (Å²) in [4.78, 5) is 0. The van der Waals surface area contributed by atoms with E-state index in [1.165, 1.54) is 0 Å². The maximum absolute atomic E-state index is 6.68. The summed E-state index contributed by atoms with van der Waals surface area (Å²) >= 11 is 26.7. The van der Waals surface area contributed by atoms with Gasteiger partial charge in [0, 0.05) is 21.2 Å². The molecule has 4 nitrogen and oxygen atoms in total. The molecular weight excluding hydrogens is 610 g/mol. The SMILES string of the molecule is ClP1(Cl)=NP(Cl)(Cl)=NP(N=P(c2ccccc2)(c2ccccc2)c2ccccc2)(c2ccccc2)=N1. The van der Waals surface area contributed by atoms with Gasteiger partial charge in [0.15, 0.2) is 0 Å². The fourth-order valence-corrected chi connectivity index (χ4v) is 25.2. The molecule has 0 saturated heterocycles. The van der Waals surface area contributed by atoms with Crippen molar-refractivity contribution < 1.29 is 0 Å². The van der Waals surface area contributed by atoms with Crippen LogP contribution < -0.4 is 21.2 Å². The molecule has 36 heavy (non-hydrogen) atoms. The number of nitrogens with zero attached hydrogens (tertiary/aromatic N) is 4. The van der Waals surface area contributed by atoms with Crippen LogP contribution in [0.5, 0.6) is 0 Å². The third-order valence-electron chi connectivity index (χ3n) is 5.43. The summed E-state index contributed by atoms with van der Waals surface area (Å²) in [7, 11) is -5.92. The summed E-state index contributed by atoms with van der Waals surface area (Å²) in [5.41, 5.74) is 0. The van der Waals surface area contributed by atoms with Crippen molar-refractivity contribution in [2.75, 3.05) is 0 Å². The molecule has 1 atom stereocenters. The predicted molar refractivity (Wildman–Crippen MR) is 165 cm³/mol. The van der Waals surface area contributed by atoms with E-state index in [0.717, 1.165) is 21.2 Å². The predicted octanol–water partition coefficient (Wildman–Crippen LogP) is 10.4. The largest absolute Gasteiger partial charge is 0.257 e. The van der Waals surface area contributed by atoms with E-state index < -0.39 is 26.2 Å². The van der Waals surface area contributed by atoms with Gasteiger partial charge in [-0.2, -0.15) is 13.5 Å². The molecule has 0 spiro atoms. The number of hydrogen-bond acceptors (Lipinski definition) is 4. The number of halogens is 4. The van der Waals surface area contributed by atoms with E-state index in [-0.39, 0.29) is 0 Å². The highest BCUT2D eigenvalue weighted by atomic mass is 35.9. The van der Waals surface area contributed by atoms with Gasteiger partial charge < -0.3 is 0 Å². The molecule has 0 saturated carbocycles. The second kappa shape index (κ2) is 10.6. The van der Waals surface area contributed by atoms with E-state index in [1.54, 1.807) is 0 Å². The molecule has 4 aromatic carbocycles. The number of rotatable bonds is 5. The van der Waals surface area contributed by atoms with Crippen molar-refractivity contribution in [3.8, 4) is 0 Å². The monoisotopic (exact) mass is 628 g/mol. The minimum Gasteiger partial charge on any atom is -0.226 e. The van der Waals surface area contributed by atoms with Crippen molar-refractivity contribution in [1.82, 2.24) is 0 Å². The smallest absolute Gasteiger partial charge is 0.226 e. The van der Waals surface area contributed by atoms with E-state index >= 15 is 0 Å². The summed E-state index contributed by atoms with van der Waals surface area (Å²) in [5.74, 6) is -6.49. The second-order valence-electron chi connectivity index (χ2n) is 7.82. The Bertz CT molecular complexity index is 1490. The van der Waals surface area contributed by atoms with E-state index in [1.807, 2.05) is 84.9 Å². The van der Waals surface area contributed by atoms with Gasteiger partial charge >= 0.3 is 0 Å². The van der Waals surface area contributed by atoms with Crippen molar-refractivity contribution >= 4 is 92.4 Å². The van der Waals surface area contributed by atoms with Crippen LogP contribution in [0, 0.1) is 0 Å². The lowest BCUT2D eigenvalue weighted by Gasteiger charge is -2.32. The normalized spacial score (nSPS) is 20.3. The molecule has 5 rings (SSSR count). The Hall–Kier alpha value is -1.04. The minimum atomic E-state index is -3.25. The first-order chi connectivity index (χ1) is 17.2. The highest BCUT2D eigenvalue weighted by Gasteiger charge is 2.38. The van der Waals surface area contributed by atoms with Gasteiger partial charge in [0.2, 0.25) is 7.36 Å². The Kier molecular flexibility index (Phi) is 7.83. The van der Waals surface area contributed by atoms with Crippen molar-refractivity contribution in [1.29, 1.82) is 0 Å². The first kappa shape index (κ1) is 26.6. The highest BCUT2D eigenvalue weighted by Crippen LogP contribution is 2.86. The summed E-state index contributed by atoms with van der Waals surface area (Å²) in [5, 5.41) is 3.92. The Balaban J connectivity index is 2.06. The van der Waals surface area contributed by atoms with E-state index in [0.29, 0.717) is 0 Å². The van der Waals surface area contributed by atoms with Gasteiger partial charge in [-0.3, -0.25) is 0 Å². The molecule has 12 heteroatoms. The standard InChI is InChI=1S/C24H20Cl4N4P4/c25-35(26)30-34(31-36(27,28)32-35,24-19-11-4-12-20-24)29-33(21-13-5-1-6-14-21,22-15-7-2-8-16-22)23-17-9-3-10-18-23/h1-20H. The third kappa shape index (κ3) is 5.40. The van der Waals surface area contributed by atoms with Crippen LogP contribution in [0.25, 0.3) is 0 Å². The van der Waals surface area contributed by atoms with Gasteiger partial charge in [-0.25, -0.2) is 4.52 Å². The first-order valence-corrected chi connectivity index (χ1v) is 21.2. The van der Waals surface area contributed by atoms with Crippen molar-refractivity contribution in [3.05, 3.63) is 121 Å². The van der Waals surface area contributed by atoms with Gasteiger partial charge in [-0.1, -0.05) is 109 Å². The van der Waals surface area contributed by atoms with Crippen molar-refractivity contribution in [3.63, 3.8) is 0 Å². The molecule has 0 amide bonds. The topological polar surface area (TPSA) is 49.4 Å². The Morgan fingerprint density at radius 3 is 1.22 bits per heavy atom. The quantitative estimate of drug-likeness (QED) is 0.197. The fourth-order valence-electron chi connectivity index (χ4n) is 4.02. The lowest BCUT2D eigenvalue weighted by molar-refractivity contribution is 1.64. The lowest BCUT2D eigenvalue weighted by atomic mass is 10.4. The van der Waals surface area contributed by atoms with Gasteiger partial charge in [-0.05, 0) is 57.1 Å². The summed E-state index contributed by atoms with van der Waals surface area (Å²) in [6.45, 7) is 0. The van der Waals surface area contributed by atoms with Crippen LogP contribution in [0.1, 0.15) is 0 Å². The van der Waals surface area contributed by atoms with Crippen molar-refractivity contribution in [2.24, 2.45) is 18.1 Å². The molecule has 1 aliphatic heterocycles. The Morgan fingerprint density at radius 1 is 0.472 bits per heavy atom. The molecule has 0 bridgehead atoms. The maximum atomic E-state index is 6.68. The van der Waals surface area contributed by atoms with Crippen LogP contribution in [0.3, 0.4) is 0 Å². The zero-order chi connectivity index (χ0) is 25.3. The summed E-state index contributed by atoms with van der Waals surface area (Å²) < 4.78 is 19.8. The van der Waals surface area contributed by atoms with Gasteiger partial charge in [0.25, 0.3) is 11.8 Å². The van der Waals surface area contributed by atoms with Crippen LogP contribution in [0.2, 0.25) is 0 Å². The molecule has 1 unspecified atom stereocenters. The van der Waals surface area contributed by atoms with Crippen LogP contribution in [0.4, 0.5) is 0 Å². The van der Waals surface area contributed by atoms with Crippen molar-refractivity contribution in [2.45, 2.75) is 0 Å². The fraction of sp³-hybridized carbons (Fsp3) is 0. The third-order valence-corrected chi connectivity index (χ3v) is 21.9. The Morgan fingerprint density at radius 2 is 0.833 bits per heavy atom. The average Bonchev–Trinajstić information content (AvgIpc) is 2.88. The molecule has 0 aliphatic carbocycles. The molecule has 0 radical (unpaired) electrons. The molecule has 1 heterocycles. The maximum Gasteiger partial charge on any atom is 0.257 e. The molecule has 0 fully saturated rings. The summed E-state index contributed by atoms with van der Waals surface area (Å²) in [6, 6.07) is 40.3. The Labute approximate surface area is 230 Å². The molecule has 1 aliphatic rings. The molecule has 4 aromatic rings. The molecular formula is C24H20Cl4N4P4. The molecule has 0 aromatic heterocycles. The van der Waals surface area contributed by atoms with Gasteiger partial charge in [0.1, 0.15) is 0 Å². The van der Waals surface area contributed by atoms with E-state index in [4.69, 9.17) is 58.5 Å². The van der Waals surface area contributed by atoms with E-state index in [9.17, 15) is 0 Å². The zero-order valence-electron chi connectivity index (χ0n) is 18.6. The molecule has 0 N–H and O–H groups in total. The van der Waals surface area contributed by atoms with Crippen LogP contribution in [0.15, 0.2) is 139 Å². The van der Waals surface area contributed by atoms with Gasteiger partial charge in [-0.15, -0.1) is 0 Å². The van der Waals surface area contributed by atoms with Crippen LogP contribution >= 0.6 is 71.2 Å². The van der Waals surface area contributed by atoms with Gasteiger partial charge in [0.05, 0.1) is 7.05 Å². The number of benzene rings is 4. The average molecular weight is 630 g/mol. The van der Waals surface area contributed by atoms with E-state index in [2.05, 4.69) is 40.9 Å². The minimum absolute atomic E-state index is 0.781.